The highest BCUT2D eigenvalue weighted by molar-refractivity contribution is 5.99. The monoisotopic (exact) mass is 431 g/mol. The summed E-state index contributed by atoms with van der Waals surface area (Å²) in [6, 6.07) is 21.1. The van der Waals surface area contributed by atoms with Crippen LogP contribution in [0.15, 0.2) is 72.8 Å². The third-order valence-corrected chi connectivity index (χ3v) is 5.28. The van der Waals surface area contributed by atoms with Crippen molar-refractivity contribution in [2.75, 3.05) is 13.2 Å². The number of fused-ring (bicyclic) bond motifs is 1. The zero-order chi connectivity index (χ0) is 22.7. The van der Waals surface area contributed by atoms with Crippen LogP contribution < -0.4 is 4.74 Å². The van der Waals surface area contributed by atoms with Crippen LogP contribution in [0.25, 0.3) is 16.5 Å². The number of benzene rings is 3. The van der Waals surface area contributed by atoms with Crippen molar-refractivity contribution in [2.45, 2.75) is 13.8 Å². The molecule has 162 valence electrons. The number of esters is 1. The second-order valence-corrected chi connectivity index (χ2v) is 7.45. The molecule has 4 rings (SSSR count). The molecule has 0 aliphatic rings. The zero-order valence-electron chi connectivity index (χ0n) is 17.8. The van der Waals surface area contributed by atoms with Gasteiger partial charge in [0.05, 0.1) is 0 Å². The highest BCUT2D eigenvalue weighted by Crippen LogP contribution is 2.25. The molecule has 0 saturated heterocycles. The van der Waals surface area contributed by atoms with E-state index in [9.17, 15) is 14.0 Å². The maximum atomic E-state index is 13.2. The summed E-state index contributed by atoms with van der Waals surface area (Å²) in [4.78, 5) is 24.8. The number of aryl methyl sites for hydroxylation is 1. The Morgan fingerprint density at radius 3 is 2.41 bits per heavy atom. The molecule has 4 aromatic rings. The van der Waals surface area contributed by atoms with Gasteiger partial charge in [0.25, 0.3) is 0 Å². The van der Waals surface area contributed by atoms with Crippen molar-refractivity contribution in [3.63, 3.8) is 0 Å². The Morgan fingerprint density at radius 2 is 1.62 bits per heavy atom. The van der Waals surface area contributed by atoms with Crippen LogP contribution in [0, 0.1) is 19.7 Å². The third-order valence-electron chi connectivity index (χ3n) is 5.28. The first-order valence-corrected chi connectivity index (χ1v) is 10.2. The van der Waals surface area contributed by atoms with Crippen molar-refractivity contribution in [1.82, 2.24) is 4.57 Å². The maximum absolute atomic E-state index is 13.2. The van der Waals surface area contributed by atoms with Gasteiger partial charge in [-0.3, -0.25) is 4.79 Å². The first kappa shape index (κ1) is 21.3. The Bertz CT molecular complexity index is 1290. The van der Waals surface area contributed by atoms with Gasteiger partial charge in [0.1, 0.15) is 11.6 Å². The van der Waals surface area contributed by atoms with E-state index in [0.717, 1.165) is 22.2 Å². The lowest BCUT2D eigenvalue weighted by Crippen LogP contribution is -2.20. The van der Waals surface area contributed by atoms with Gasteiger partial charge in [0.2, 0.25) is 5.78 Å². The predicted octanol–water partition coefficient (Wildman–Crippen LogP) is 5.19. The molecule has 5 nitrogen and oxygen atoms in total. The van der Waals surface area contributed by atoms with Crippen molar-refractivity contribution in [3.05, 3.63) is 95.6 Å². The maximum Gasteiger partial charge on any atom is 0.344 e. The van der Waals surface area contributed by atoms with Gasteiger partial charge in [-0.25, -0.2) is 9.18 Å². The summed E-state index contributed by atoms with van der Waals surface area (Å²) in [5.74, 6) is -0.692. The van der Waals surface area contributed by atoms with E-state index in [4.69, 9.17) is 9.47 Å². The van der Waals surface area contributed by atoms with Gasteiger partial charge in [-0.1, -0.05) is 36.4 Å². The first-order chi connectivity index (χ1) is 15.4. The van der Waals surface area contributed by atoms with E-state index in [1.807, 2.05) is 47.9 Å². The number of aromatic nitrogens is 1. The van der Waals surface area contributed by atoms with Gasteiger partial charge in [0, 0.05) is 28.0 Å². The normalized spacial score (nSPS) is 10.8. The molecule has 6 heteroatoms. The number of halogens is 1. The zero-order valence-corrected chi connectivity index (χ0v) is 17.8. The molecule has 1 aromatic heterocycles. The Balaban J connectivity index is 1.39. The van der Waals surface area contributed by atoms with Crippen LogP contribution in [0.5, 0.6) is 5.75 Å². The Hall–Kier alpha value is -3.93. The molecule has 0 fully saturated rings. The standard InChI is InChI=1S/C26H22FNO4/c1-17-14-23(18(2)28(17)21-12-10-20(27)11-13-21)24(29)15-32-26(30)16-31-25-9-5-7-19-6-3-4-8-22(19)25/h3-14H,15-16H2,1-2H3. The summed E-state index contributed by atoms with van der Waals surface area (Å²) in [5.41, 5.74) is 2.72. The summed E-state index contributed by atoms with van der Waals surface area (Å²) in [5, 5.41) is 1.90. The van der Waals surface area contributed by atoms with Crippen LogP contribution in [0.4, 0.5) is 4.39 Å². The molecule has 0 aliphatic carbocycles. The van der Waals surface area contributed by atoms with Crippen molar-refractivity contribution in [1.29, 1.82) is 0 Å². The van der Waals surface area contributed by atoms with E-state index in [0.29, 0.717) is 17.0 Å². The SMILES string of the molecule is Cc1cc(C(=O)COC(=O)COc2cccc3ccccc23)c(C)n1-c1ccc(F)cc1. The highest BCUT2D eigenvalue weighted by Gasteiger charge is 2.18. The number of rotatable bonds is 7. The fraction of sp³-hybridized carbons (Fsp3) is 0.154. The molecular weight excluding hydrogens is 409 g/mol. The molecule has 0 amide bonds. The van der Waals surface area contributed by atoms with Crippen molar-refractivity contribution >= 4 is 22.5 Å². The predicted molar refractivity (Wildman–Crippen MR) is 120 cm³/mol. The van der Waals surface area contributed by atoms with Crippen LogP contribution in [0.3, 0.4) is 0 Å². The average Bonchev–Trinajstić information content (AvgIpc) is 3.10. The van der Waals surface area contributed by atoms with E-state index in [1.165, 1.54) is 12.1 Å². The number of carbonyl (C=O) groups excluding carboxylic acids is 2. The van der Waals surface area contributed by atoms with Gasteiger partial charge in [0.15, 0.2) is 13.2 Å². The molecule has 0 N–H and O–H groups in total. The number of Topliss-reactive ketones (excluding diaryl/α,β-unsaturated/α-hetero) is 1. The second-order valence-electron chi connectivity index (χ2n) is 7.45. The van der Waals surface area contributed by atoms with Gasteiger partial charge in [-0.05, 0) is 55.6 Å². The molecule has 0 unspecified atom stereocenters. The number of hydrogen-bond acceptors (Lipinski definition) is 4. The van der Waals surface area contributed by atoms with Gasteiger partial charge in [-0.15, -0.1) is 0 Å². The fourth-order valence-corrected chi connectivity index (χ4v) is 3.76. The summed E-state index contributed by atoms with van der Waals surface area (Å²) < 4.78 is 25.9. The summed E-state index contributed by atoms with van der Waals surface area (Å²) in [7, 11) is 0. The van der Waals surface area contributed by atoms with E-state index in [-0.39, 0.29) is 24.8 Å². The minimum Gasteiger partial charge on any atom is -0.481 e. The molecule has 0 atom stereocenters. The Labute approximate surface area is 185 Å². The Kier molecular flexibility index (Phi) is 6.03. The van der Waals surface area contributed by atoms with Crippen LogP contribution in [0.2, 0.25) is 0 Å². The topological polar surface area (TPSA) is 57.5 Å². The van der Waals surface area contributed by atoms with E-state index >= 15 is 0 Å². The highest BCUT2D eigenvalue weighted by atomic mass is 19.1. The van der Waals surface area contributed by atoms with Crippen LogP contribution >= 0.6 is 0 Å². The average molecular weight is 431 g/mol. The van der Waals surface area contributed by atoms with E-state index in [1.54, 1.807) is 31.2 Å². The number of ether oxygens (including phenoxy) is 2. The van der Waals surface area contributed by atoms with Gasteiger partial charge in [-0.2, -0.15) is 0 Å². The minimum atomic E-state index is -0.626. The number of carbonyl (C=O) groups is 2. The second kappa shape index (κ2) is 9.06. The number of nitrogens with zero attached hydrogens (tertiary/aromatic N) is 1. The minimum absolute atomic E-state index is 0.296. The van der Waals surface area contributed by atoms with Crippen LogP contribution in [0.1, 0.15) is 21.7 Å². The lowest BCUT2D eigenvalue weighted by Gasteiger charge is -2.10. The number of hydrogen-bond donors (Lipinski definition) is 0. The summed E-state index contributed by atoms with van der Waals surface area (Å²) >= 11 is 0. The summed E-state index contributed by atoms with van der Waals surface area (Å²) in [6.07, 6.45) is 0. The lowest BCUT2D eigenvalue weighted by molar-refractivity contribution is -0.144. The quantitative estimate of drug-likeness (QED) is 0.298. The van der Waals surface area contributed by atoms with Crippen molar-refractivity contribution in [3.8, 4) is 11.4 Å². The molecule has 0 radical (unpaired) electrons. The summed E-state index contributed by atoms with van der Waals surface area (Å²) in [6.45, 7) is 2.98. The first-order valence-electron chi connectivity index (χ1n) is 10.2. The fourth-order valence-electron chi connectivity index (χ4n) is 3.76. The number of ketones is 1. The van der Waals surface area contributed by atoms with E-state index in [2.05, 4.69) is 0 Å². The largest absolute Gasteiger partial charge is 0.481 e. The lowest BCUT2D eigenvalue weighted by atomic mass is 10.1. The van der Waals surface area contributed by atoms with Crippen LogP contribution in [-0.4, -0.2) is 29.5 Å². The van der Waals surface area contributed by atoms with Gasteiger partial charge >= 0.3 is 5.97 Å². The molecule has 1 heterocycles. The van der Waals surface area contributed by atoms with Crippen LogP contribution in [-0.2, 0) is 9.53 Å². The third kappa shape index (κ3) is 4.39. The van der Waals surface area contributed by atoms with Gasteiger partial charge < -0.3 is 14.0 Å². The molecule has 0 spiro atoms. The molecule has 0 saturated carbocycles. The molecule has 0 bridgehead atoms. The molecular formula is C26H22FNO4. The van der Waals surface area contributed by atoms with E-state index < -0.39 is 5.97 Å². The Morgan fingerprint density at radius 1 is 0.906 bits per heavy atom. The molecule has 3 aromatic carbocycles. The van der Waals surface area contributed by atoms with Crippen molar-refractivity contribution in [2.24, 2.45) is 0 Å². The molecule has 0 aliphatic heterocycles. The smallest absolute Gasteiger partial charge is 0.344 e. The molecule has 32 heavy (non-hydrogen) atoms. The van der Waals surface area contributed by atoms with Crippen molar-refractivity contribution < 1.29 is 23.5 Å².